The van der Waals surface area contributed by atoms with Crippen LogP contribution in [0.4, 0.5) is 0 Å². The first kappa shape index (κ1) is 21.8. The van der Waals surface area contributed by atoms with Gasteiger partial charge in [-0.05, 0) is 37.3 Å². The quantitative estimate of drug-likeness (QED) is 0.739. The highest BCUT2D eigenvalue weighted by atomic mass is 32.2. The van der Waals surface area contributed by atoms with Crippen molar-refractivity contribution in [3.63, 3.8) is 0 Å². The normalized spacial score (nSPS) is 20.1. The van der Waals surface area contributed by atoms with Crippen LogP contribution in [0, 0.1) is 0 Å². The molecule has 1 fully saturated rings. The van der Waals surface area contributed by atoms with Gasteiger partial charge in [0.1, 0.15) is 11.4 Å². The van der Waals surface area contributed by atoms with Gasteiger partial charge in [-0.15, -0.1) is 0 Å². The lowest BCUT2D eigenvalue weighted by molar-refractivity contribution is -0.123. The van der Waals surface area contributed by atoms with Crippen LogP contribution < -0.4 is 10.1 Å². The SMILES string of the molecule is CS(=O)(=O)N(CC(=O)NC1CC2(CCCCC2)Oc2ccccc21)Cc1ccccc1. The first-order valence-electron chi connectivity index (χ1n) is 10.9. The second-order valence-electron chi connectivity index (χ2n) is 8.72. The van der Waals surface area contributed by atoms with Crippen molar-refractivity contribution in [1.29, 1.82) is 0 Å². The minimum Gasteiger partial charge on any atom is -0.487 e. The monoisotopic (exact) mass is 442 g/mol. The average molecular weight is 443 g/mol. The smallest absolute Gasteiger partial charge is 0.235 e. The standard InChI is InChI=1S/C24H30N2O4S/c1-31(28,29)26(17-19-10-4-2-5-11-19)18-23(27)25-21-16-24(14-8-3-9-15-24)30-22-13-7-6-12-20(21)22/h2,4-7,10-13,21H,3,8-9,14-18H2,1H3,(H,25,27). The molecule has 2 aliphatic rings. The lowest BCUT2D eigenvalue weighted by Crippen LogP contribution is -2.48. The first-order chi connectivity index (χ1) is 14.8. The molecule has 1 aliphatic heterocycles. The van der Waals surface area contributed by atoms with Crippen LogP contribution in [0.2, 0.25) is 0 Å². The molecule has 1 saturated carbocycles. The molecule has 2 aromatic rings. The van der Waals surface area contributed by atoms with Gasteiger partial charge in [-0.1, -0.05) is 55.0 Å². The van der Waals surface area contributed by atoms with Crippen LogP contribution in [-0.2, 0) is 21.4 Å². The second-order valence-corrected chi connectivity index (χ2v) is 10.7. The summed E-state index contributed by atoms with van der Waals surface area (Å²) >= 11 is 0. The fourth-order valence-corrected chi connectivity index (χ4v) is 5.46. The Balaban J connectivity index is 1.51. The fourth-order valence-electron chi connectivity index (χ4n) is 4.73. The van der Waals surface area contributed by atoms with Crippen molar-refractivity contribution in [3.05, 3.63) is 65.7 Å². The molecule has 1 N–H and O–H groups in total. The summed E-state index contributed by atoms with van der Waals surface area (Å²) in [6, 6.07) is 17.0. The highest BCUT2D eigenvalue weighted by Crippen LogP contribution is 2.46. The number of rotatable bonds is 6. The molecular formula is C24H30N2O4S. The number of benzene rings is 2. The highest BCUT2D eigenvalue weighted by Gasteiger charge is 2.42. The minimum atomic E-state index is -3.54. The van der Waals surface area contributed by atoms with Gasteiger partial charge in [0.15, 0.2) is 0 Å². The van der Waals surface area contributed by atoms with E-state index >= 15 is 0 Å². The third kappa shape index (κ3) is 5.28. The average Bonchev–Trinajstić information content (AvgIpc) is 2.74. The summed E-state index contributed by atoms with van der Waals surface area (Å²) < 4.78 is 32.3. The van der Waals surface area contributed by atoms with E-state index in [9.17, 15) is 13.2 Å². The summed E-state index contributed by atoms with van der Waals surface area (Å²) in [5.41, 5.74) is 1.56. The molecular weight excluding hydrogens is 412 g/mol. The number of nitrogens with zero attached hydrogens (tertiary/aromatic N) is 1. The van der Waals surface area contributed by atoms with Gasteiger partial charge in [0, 0.05) is 18.5 Å². The lowest BCUT2D eigenvalue weighted by atomic mass is 9.77. The van der Waals surface area contributed by atoms with Crippen LogP contribution in [0.5, 0.6) is 5.75 Å². The number of amides is 1. The maximum atomic E-state index is 13.0. The van der Waals surface area contributed by atoms with E-state index in [4.69, 9.17) is 4.74 Å². The van der Waals surface area contributed by atoms with Gasteiger partial charge in [-0.2, -0.15) is 4.31 Å². The number of hydrogen-bond acceptors (Lipinski definition) is 4. The number of fused-ring (bicyclic) bond motifs is 1. The minimum absolute atomic E-state index is 0.168. The topological polar surface area (TPSA) is 75.7 Å². The first-order valence-corrected chi connectivity index (χ1v) is 12.8. The van der Waals surface area contributed by atoms with Gasteiger partial charge in [-0.3, -0.25) is 4.79 Å². The van der Waals surface area contributed by atoms with Gasteiger partial charge in [0.2, 0.25) is 15.9 Å². The van der Waals surface area contributed by atoms with Crippen LogP contribution in [0.3, 0.4) is 0 Å². The molecule has 0 saturated heterocycles. The van der Waals surface area contributed by atoms with Crippen LogP contribution in [0.25, 0.3) is 0 Å². The molecule has 0 radical (unpaired) electrons. The number of carbonyl (C=O) groups excluding carboxylic acids is 1. The lowest BCUT2D eigenvalue weighted by Gasteiger charge is -2.44. The molecule has 0 aromatic heterocycles. The van der Waals surface area contributed by atoms with E-state index in [0.29, 0.717) is 6.42 Å². The van der Waals surface area contributed by atoms with Gasteiger partial charge in [-0.25, -0.2) is 8.42 Å². The number of carbonyl (C=O) groups is 1. The van der Waals surface area contributed by atoms with Crippen molar-refractivity contribution < 1.29 is 17.9 Å². The number of para-hydroxylation sites is 1. The molecule has 1 unspecified atom stereocenters. The summed E-state index contributed by atoms with van der Waals surface area (Å²) in [6.07, 6.45) is 7.29. The molecule has 1 heterocycles. The molecule has 6 nitrogen and oxygen atoms in total. The summed E-state index contributed by atoms with van der Waals surface area (Å²) in [5.74, 6) is 0.527. The van der Waals surface area contributed by atoms with Crippen LogP contribution in [-0.4, -0.2) is 37.0 Å². The number of nitrogens with one attached hydrogen (secondary N) is 1. The van der Waals surface area contributed by atoms with E-state index in [1.807, 2.05) is 54.6 Å². The molecule has 0 bridgehead atoms. The third-order valence-corrected chi connectivity index (χ3v) is 7.48. The van der Waals surface area contributed by atoms with Gasteiger partial charge in [0.05, 0.1) is 18.8 Å². The van der Waals surface area contributed by atoms with E-state index in [2.05, 4.69) is 5.32 Å². The van der Waals surface area contributed by atoms with Crippen molar-refractivity contribution in [2.24, 2.45) is 0 Å². The zero-order valence-electron chi connectivity index (χ0n) is 17.9. The molecule has 7 heteroatoms. The fraction of sp³-hybridized carbons (Fsp3) is 0.458. The van der Waals surface area contributed by atoms with Gasteiger partial charge < -0.3 is 10.1 Å². The van der Waals surface area contributed by atoms with Crippen molar-refractivity contribution in [2.75, 3.05) is 12.8 Å². The number of ether oxygens (including phenoxy) is 1. The largest absolute Gasteiger partial charge is 0.487 e. The van der Waals surface area contributed by atoms with Crippen molar-refractivity contribution >= 4 is 15.9 Å². The maximum Gasteiger partial charge on any atom is 0.235 e. The Bertz CT molecular complexity index is 1020. The van der Waals surface area contributed by atoms with Gasteiger partial charge >= 0.3 is 0 Å². The van der Waals surface area contributed by atoms with E-state index in [0.717, 1.165) is 48.8 Å². The Morgan fingerprint density at radius 1 is 1.06 bits per heavy atom. The van der Waals surface area contributed by atoms with Crippen LogP contribution in [0.15, 0.2) is 54.6 Å². The Labute approximate surface area is 184 Å². The maximum absolute atomic E-state index is 13.0. The van der Waals surface area contributed by atoms with Crippen LogP contribution in [0.1, 0.15) is 55.7 Å². The second kappa shape index (κ2) is 9.01. The summed E-state index contributed by atoms with van der Waals surface area (Å²) in [4.78, 5) is 13.0. The molecule has 4 rings (SSSR count). The van der Waals surface area contributed by atoms with Crippen molar-refractivity contribution in [3.8, 4) is 5.75 Å². The molecule has 1 spiro atoms. The molecule has 1 aliphatic carbocycles. The molecule has 1 amide bonds. The number of hydrogen-bond donors (Lipinski definition) is 1. The third-order valence-electron chi connectivity index (χ3n) is 6.29. The van der Waals surface area contributed by atoms with Gasteiger partial charge in [0.25, 0.3) is 0 Å². The molecule has 1 atom stereocenters. The zero-order chi connectivity index (χ0) is 21.9. The number of sulfonamides is 1. The van der Waals surface area contributed by atoms with Crippen LogP contribution >= 0.6 is 0 Å². The highest BCUT2D eigenvalue weighted by molar-refractivity contribution is 7.88. The van der Waals surface area contributed by atoms with E-state index < -0.39 is 10.0 Å². The van der Waals surface area contributed by atoms with E-state index in [-0.39, 0.29) is 30.6 Å². The Morgan fingerprint density at radius 2 is 1.74 bits per heavy atom. The predicted molar refractivity (Wildman–Crippen MR) is 120 cm³/mol. The Kier molecular flexibility index (Phi) is 6.34. The molecule has 31 heavy (non-hydrogen) atoms. The van der Waals surface area contributed by atoms with Crippen molar-refractivity contribution in [1.82, 2.24) is 9.62 Å². The Hall–Kier alpha value is -2.38. The predicted octanol–water partition coefficient (Wildman–Crippen LogP) is 3.79. The molecule has 166 valence electrons. The molecule has 2 aromatic carbocycles. The summed E-state index contributed by atoms with van der Waals surface area (Å²) in [7, 11) is -3.54. The zero-order valence-corrected chi connectivity index (χ0v) is 18.7. The summed E-state index contributed by atoms with van der Waals surface area (Å²) in [5, 5.41) is 3.11. The van der Waals surface area contributed by atoms with E-state index in [1.165, 1.54) is 10.7 Å². The van der Waals surface area contributed by atoms with E-state index in [1.54, 1.807) is 0 Å². The Morgan fingerprint density at radius 3 is 2.45 bits per heavy atom. The summed E-state index contributed by atoms with van der Waals surface area (Å²) in [6.45, 7) is -0.0400. The van der Waals surface area contributed by atoms with Crippen molar-refractivity contribution in [2.45, 2.75) is 56.7 Å².